The summed E-state index contributed by atoms with van der Waals surface area (Å²) in [6.07, 6.45) is 7.25. The second-order valence-corrected chi connectivity index (χ2v) is 13.4. The Balaban J connectivity index is 1.65. The fourth-order valence-corrected chi connectivity index (χ4v) is 4.52. The predicted molar refractivity (Wildman–Crippen MR) is 178 cm³/mol. The molecular weight excluding hydrogens is 582 g/mol. The summed E-state index contributed by atoms with van der Waals surface area (Å²) in [7, 11) is 0. The van der Waals surface area contributed by atoms with Crippen LogP contribution >= 0.6 is 0 Å². The SMILES string of the molecule is CCCCCCC(=O)NNC(=O)c1cnc(-c2ccc(CC(NC(=O)c3ccc(C(C)(C)C)cc3)C(=O)OC(C)(C)C)cc2)nc1. The lowest BCUT2D eigenvalue weighted by molar-refractivity contribution is -0.157. The van der Waals surface area contributed by atoms with Crippen molar-refractivity contribution in [2.45, 2.75) is 104 Å². The molecule has 0 radical (unpaired) electrons. The zero-order valence-electron chi connectivity index (χ0n) is 28.0. The van der Waals surface area contributed by atoms with E-state index >= 15 is 0 Å². The molecule has 0 bridgehead atoms. The number of benzene rings is 2. The molecule has 1 atom stereocenters. The van der Waals surface area contributed by atoms with Gasteiger partial charge in [-0.2, -0.15) is 0 Å². The molecule has 0 saturated heterocycles. The van der Waals surface area contributed by atoms with Crippen molar-refractivity contribution in [2.24, 2.45) is 0 Å². The molecule has 3 aromatic rings. The first kappa shape index (κ1) is 35.9. The highest BCUT2D eigenvalue weighted by Gasteiger charge is 2.28. The fraction of sp³-hybridized carbons (Fsp3) is 0.444. The Morgan fingerprint density at radius 3 is 1.96 bits per heavy atom. The molecule has 2 aromatic carbocycles. The maximum atomic E-state index is 13.1. The summed E-state index contributed by atoms with van der Waals surface area (Å²) in [6.45, 7) is 13.8. The highest BCUT2D eigenvalue weighted by Crippen LogP contribution is 2.23. The highest BCUT2D eigenvalue weighted by atomic mass is 16.6. The summed E-state index contributed by atoms with van der Waals surface area (Å²) in [4.78, 5) is 59.2. The summed E-state index contributed by atoms with van der Waals surface area (Å²) in [6, 6.07) is 13.7. The Hall–Kier alpha value is -4.60. The number of hydrazine groups is 1. The van der Waals surface area contributed by atoms with Crippen LogP contribution in [0.2, 0.25) is 0 Å². The number of hydrogen-bond acceptors (Lipinski definition) is 7. The summed E-state index contributed by atoms with van der Waals surface area (Å²) in [5.74, 6) is -1.24. The number of nitrogens with zero attached hydrogens (tertiary/aromatic N) is 2. The minimum absolute atomic E-state index is 0.0476. The average molecular weight is 630 g/mol. The molecule has 10 heteroatoms. The Kier molecular flexibility index (Phi) is 12.6. The molecule has 0 saturated carbocycles. The number of carbonyl (C=O) groups excluding carboxylic acids is 4. The van der Waals surface area contributed by atoms with Crippen molar-refractivity contribution in [3.05, 3.63) is 83.2 Å². The third-order valence-electron chi connectivity index (χ3n) is 7.15. The van der Waals surface area contributed by atoms with Crippen molar-refractivity contribution >= 4 is 23.7 Å². The molecule has 3 N–H and O–H groups in total. The van der Waals surface area contributed by atoms with Crippen molar-refractivity contribution in [3.8, 4) is 11.4 Å². The normalized spacial score (nSPS) is 12.2. The van der Waals surface area contributed by atoms with Crippen LogP contribution in [0, 0.1) is 0 Å². The van der Waals surface area contributed by atoms with Gasteiger partial charge in [-0.3, -0.25) is 25.2 Å². The van der Waals surface area contributed by atoms with Crippen molar-refractivity contribution in [1.29, 1.82) is 0 Å². The van der Waals surface area contributed by atoms with Crippen molar-refractivity contribution < 1.29 is 23.9 Å². The van der Waals surface area contributed by atoms with E-state index in [1.807, 2.05) is 36.4 Å². The van der Waals surface area contributed by atoms with Gasteiger partial charge in [0.05, 0.1) is 5.56 Å². The molecule has 46 heavy (non-hydrogen) atoms. The first-order valence-electron chi connectivity index (χ1n) is 15.8. The summed E-state index contributed by atoms with van der Waals surface area (Å²) in [5.41, 5.74) is 7.30. The number of unbranched alkanes of at least 4 members (excludes halogenated alkanes) is 3. The largest absolute Gasteiger partial charge is 0.458 e. The maximum absolute atomic E-state index is 13.1. The van der Waals surface area contributed by atoms with E-state index < -0.39 is 23.5 Å². The molecule has 3 amide bonds. The molecule has 0 fully saturated rings. The van der Waals surface area contributed by atoms with E-state index in [9.17, 15) is 19.2 Å². The Bertz CT molecular complexity index is 1470. The molecular formula is C36H47N5O5. The number of esters is 1. The third-order valence-corrected chi connectivity index (χ3v) is 7.15. The molecule has 0 aliphatic rings. The van der Waals surface area contributed by atoms with E-state index in [2.05, 4.69) is 53.8 Å². The van der Waals surface area contributed by atoms with Gasteiger partial charge in [-0.15, -0.1) is 0 Å². The number of nitrogens with one attached hydrogen (secondary N) is 3. The third kappa shape index (κ3) is 11.4. The number of amides is 3. The molecule has 0 aliphatic heterocycles. The van der Waals surface area contributed by atoms with Gasteiger partial charge in [0.1, 0.15) is 11.6 Å². The van der Waals surface area contributed by atoms with E-state index in [4.69, 9.17) is 4.74 Å². The summed E-state index contributed by atoms with van der Waals surface area (Å²) < 4.78 is 5.62. The summed E-state index contributed by atoms with van der Waals surface area (Å²) >= 11 is 0. The number of carbonyl (C=O) groups is 4. The van der Waals surface area contributed by atoms with Gasteiger partial charge in [-0.1, -0.05) is 83.4 Å². The van der Waals surface area contributed by atoms with Crippen LogP contribution in [0.5, 0.6) is 0 Å². The van der Waals surface area contributed by atoms with Crippen LogP contribution in [0.4, 0.5) is 0 Å². The number of aromatic nitrogens is 2. The highest BCUT2D eigenvalue weighted by molar-refractivity contribution is 5.97. The quantitative estimate of drug-likeness (QED) is 0.130. The van der Waals surface area contributed by atoms with E-state index in [1.165, 1.54) is 12.4 Å². The molecule has 1 heterocycles. The van der Waals surface area contributed by atoms with Gasteiger partial charge in [0.25, 0.3) is 11.8 Å². The smallest absolute Gasteiger partial charge is 0.329 e. The first-order chi connectivity index (χ1) is 21.7. The Labute approximate surface area is 272 Å². The minimum atomic E-state index is -0.911. The van der Waals surface area contributed by atoms with Gasteiger partial charge in [0, 0.05) is 36.4 Å². The van der Waals surface area contributed by atoms with Crippen LogP contribution in [-0.2, 0) is 26.2 Å². The zero-order chi connectivity index (χ0) is 33.9. The Morgan fingerprint density at radius 1 is 0.761 bits per heavy atom. The molecule has 10 nitrogen and oxygen atoms in total. The number of hydrogen-bond donors (Lipinski definition) is 3. The number of rotatable bonds is 12. The lowest BCUT2D eigenvalue weighted by Gasteiger charge is -2.25. The lowest BCUT2D eigenvalue weighted by Crippen LogP contribution is -2.45. The molecule has 1 unspecified atom stereocenters. The number of ether oxygens (including phenoxy) is 1. The molecule has 246 valence electrons. The minimum Gasteiger partial charge on any atom is -0.458 e. The first-order valence-corrected chi connectivity index (χ1v) is 15.8. The monoisotopic (exact) mass is 629 g/mol. The van der Waals surface area contributed by atoms with E-state index in [-0.39, 0.29) is 29.2 Å². The van der Waals surface area contributed by atoms with Crippen LogP contribution in [0.15, 0.2) is 60.9 Å². The fourth-order valence-electron chi connectivity index (χ4n) is 4.52. The second kappa shape index (κ2) is 16.1. The van der Waals surface area contributed by atoms with Gasteiger partial charge in [-0.25, -0.2) is 14.8 Å². The average Bonchev–Trinajstić information content (AvgIpc) is 3.01. The van der Waals surface area contributed by atoms with E-state index in [0.29, 0.717) is 23.4 Å². The predicted octanol–water partition coefficient (Wildman–Crippen LogP) is 5.86. The van der Waals surface area contributed by atoms with Crippen LogP contribution in [0.1, 0.15) is 112 Å². The van der Waals surface area contributed by atoms with Gasteiger partial charge in [-0.05, 0) is 55.9 Å². The van der Waals surface area contributed by atoms with Crippen molar-refractivity contribution in [2.75, 3.05) is 0 Å². The van der Waals surface area contributed by atoms with Crippen LogP contribution in [0.3, 0.4) is 0 Å². The Morgan fingerprint density at radius 2 is 1.39 bits per heavy atom. The van der Waals surface area contributed by atoms with Gasteiger partial charge < -0.3 is 10.1 Å². The maximum Gasteiger partial charge on any atom is 0.329 e. The molecule has 1 aromatic heterocycles. The van der Waals surface area contributed by atoms with Crippen molar-refractivity contribution in [3.63, 3.8) is 0 Å². The summed E-state index contributed by atoms with van der Waals surface area (Å²) in [5, 5.41) is 2.86. The van der Waals surface area contributed by atoms with Crippen LogP contribution in [0.25, 0.3) is 11.4 Å². The lowest BCUT2D eigenvalue weighted by atomic mass is 9.86. The van der Waals surface area contributed by atoms with Crippen LogP contribution < -0.4 is 16.2 Å². The topological polar surface area (TPSA) is 139 Å². The van der Waals surface area contributed by atoms with Crippen LogP contribution in [-0.4, -0.2) is 45.3 Å². The van der Waals surface area contributed by atoms with E-state index in [1.54, 1.807) is 32.9 Å². The second-order valence-electron chi connectivity index (χ2n) is 13.4. The van der Waals surface area contributed by atoms with Gasteiger partial charge in [0.2, 0.25) is 5.91 Å². The van der Waals surface area contributed by atoms with Gasteiger partial charge >= 0.3 is 5.97 Å². The molecule has 0 aliphatic carbocycles. The zero-order valence-corrected chi connectivity index (χ0v) is 28.0. The molecule has 0 spiro atoms. The van der Waals surface area contributed by atoms with Gasteiger partial charge in [0.15, 0.2) is 5.82 Å². The van der Waals surface area contributed by atoms with E-state index in [0.717, 1.165) is 36.8 Å². The van der Waals surface area contributed by atoms with Crippen molar-refractivity contribution in [1.82, 2.24) is 26.1 Å². The standard InChI is InChI=1S/C36H47N5O5/c1-8-9-10-11-12-30(42)40-41-33(44)27-22-37-31(38-23-27)25-15-13-24(14-16-25)21-29(34(45)46-36(5,6)7)39-32(43)26-17-19-28(20-18-26)35(2,3)4/h13-20,22-23,29H,8-12,21H2,1-7H3,(H,39,43)(H,40,42)(H,41,44). The molecule has 3 rings (SSSR count).